The SMILES string of the molecule is Cc1nc(C(=O)N2CCNC(=O)C2(C)C)n[nH]1. The molecule has 7 heteroatoms. The zero-order valence-corrected chi connectivity index (χ0v) is 10.1. The predicted octanol–water partition coefficient (Wildman–Crippen LogP) is -0.536. The number of nitrogens with zero attached hydrogens (tertiary/aromatic N) is 3. The van der Waals surface area contributed by atoms with E-state index in [1.54, 1.807) is 20.8 Å². The highest BCUT2D eigenvalue weighted by Gasteiger charge is 2.41. The highest BCUT2D eigenvalue weighted by molar-refractivity contribution is 5.97. The first-order chi connectivity index (χ1) is 7.93. The van der Waals surface area contributed by atoms with Crippen molar-refractivity contribution in [1.82, 2.24) is 25.4 Å². The first-order valence-corrected chi connectivity index (χ1v) is 5.42. The molecule has 1 aliphatic rings. The van der Waals surface area contributed by atoms with Crippen LogP contribution in [0.5, 0.6) is 0 Å². The van der Waals surface area contributed by atoms with Crippen LogP contribution in [0.2, 0.25) is 0 Å². The Balaban J connectivity index is 2.27. The monoisotopic (exact) mass is 237 g/mol. The molecule has 2 N–H and O–H groups in total. The Morgan fingerprint density at radius 2 is 2.18 bits per heavy atom. The molecule has 0 aromatic carbocycles. The quantitative estimate of drug-likeness (QED) is 0.686. The molecule has 1 saturated heterocycles. The van der Waals surface area contributed by atoms with Crippen molar-refractivity contribution < 1.29 is 9.59 Å². The Kier molecular flexibility index (Phi) is 2.60. The van der Waals surface area contributed by atoms with Gasteiger partial charge in [0.05, 0.1) is 0 Å². The van der Waals surface area contributed by atoms with Gasteiger partial charge in [0.25, 0.3) is 5.91 Å². The molecular formula is C10H15N5O2. The standard InChI is InChI=1S/C10H15N5O2/c1-6-12-7(14-13-6)8(16)15-5-4-11-9(17)10(15,2)3/h4-5H2,1-3H3,(H,11,17)(H,12,13,14). The van der Waals surface area contributed by atoms with Gasteiger partial charge in [-0.05, 0) is 20.8 Å². The molecule has 0 unspecified atom stereocenters. The van der Waals surface area contributed by atoms with Crippen LogP contribution in [0.15, 0.2) is 0 Å². The van der Waals surface area contributed by atoms with Gasteiger partial charge < -0.3 is 10.2 Å². The van der Waals surface area contributed by atoms with E-state index >= 15 is 0 Å². The maximum Gasteiger partial charge on any atom is 0.294 e. The van der Waals surface area contributed by atoms with Gasteiger partial charge >= 0.3 is 0 Å². The fourth-order valence-corrected chi connectivity index (χ4v) is 1.81. The molecule has 0 aliphatic carbocycles. The van der Waals surface area contributed by atoms with E-state index in [0.717, 1.165) is 0 Å². The van der Waals surface area contributed by atoms with Gasteiger partial charge in [-0.25, -0.2) is 4.98 Å². The van der Waals surface area contributed by atoms with E-state index in [9.17, 15) is 9.59 Å². The normalized spacial score (nSPS) is 19.0. The van der Waals surface area contributed by atoms with Gasteiger partial charge in [0.1, 0.15) is 11.4 Å². The number of aromatic amines is 1. The van der Waals surface area contributed by atoms with Crippen LogP contribution < -0.4 is 5.32 Å². The topological polar surface area (TPSA) is 91.0 Å². The molecule has 1 aliphatic heterocycles. The smallest absolute Gasteiger partial charge is 0.294 e. The van der Waals surface area contributed by atoms with Crippen LogP contribution in [0, 0.1) is 6.92 Å². The van der Waals surface area contributed by atoms with E-state index in [1.165, 1.54) is 4.90 Å². The molecule has 1 aromatic heterocycles. The molecule has 92 valence electrons. The number of carbonyl (C=O) groups excluding carboxylic acids is 2. The number of H-pyrrole nitrogens is 1. The van der Waals surface area contributed by atoms with Crippen molar-refractivity contribution in [3.05, 3.63) is 11.6 Å². The van der Waals surface area contributed by atoms with Crippen LogP contribution in [0.25, 0.3) is 0 Å². The minimum absolute atomic E-state index is 0.102. The van der Waals surface area contributed by atoms with Gasteiger partial charge in [-0.2, -0.15) is 0 Å². The molecule has 2 amide bonds. The Morgan fingerprint density at radius 3 is 2.76 bits per heavy atom. The first-order valence-electron chi connectivity index (χ1n) is 5.42. The second-order valence-corrected chi connectivity index (χ2v) is 4.52. The fraction of sp³-hybridized carbons (Fsp3) is 0.600. The van der Waals surface area contributed by atoms with E-state index in [2.05, 4.69) is 20.5 Å². The molecular weight excluding hydrogens is 222 g/mol. The molecule has 0 radical (unpaired) electrons. The average molecular weight is 237 g/mol. The van der Waals surface area contributed by atoms with Gasteiger partial charge in [-0.15, -0.1) is 5.10 Å². The van der Waals surface area contributed by atoms with E-state index in [4.69, 9.17) is 0 Å². The Labute approximate surface area is 98.6 Å². The molecule has 2 heterocycles. The van der Waals surface area contributed by atoms with Gasteiger partial charge in [0.2, 0.25) is 11.7 Å². The maximum absolute atomic E-state index is 12.2. The van der Waals surface area contributed by atoms with Crippen LogP contribution >= 0.6 is 0 Å². The Bertz CT molecular complexity index is 465. The second-order valence-electron chi connectivity index (χ2n) is 4.52. The minimum atomic E-state index is -0.871. The molecule has 0 atom stereocenters. The van der Waals surface area contributed by atoms with E-state index < -0.39 is 5.54 Å². The Morgan fingerprint density at radius 1 is 1.47 bits per heavy atom. The van der Waals surface area contributed by atoms with Crippen molar-refractivity contribution in [1.29, 1.82) is 0 Å². The highest BCUT2D eigenvalue weighted by atomic mass is 16.2. The van der Waals surface area contributed by atoms with Crippen LogP contribution in [0.1, 0.15) is 30.3 Å². The molecule has 0 saturated carbocycles. The average Bonchev–Trinajstić information content (AvgIpc) is 2.68. The molecule has 2 rings (SSSR count). The molecule has 0 bridgehead atoms. The lowest BCUT2D eigenvalue weighted by Gasteiger charge is -2.40. The summed E-state index contributed by atoms with van der Waals surface area (Å²) in [6.07, 6.45) is 0. The van der Waals surface area contributed by atoms with Gasteiger partial charge in [-0.1, -0.05) is 0 Å². The van der Waals surface area contributed by atoms with Gasteiger partial charge in [0, 0.05) is 13.1 Å². The number of nitrogens with one attached hydrogen (secondary N) is 2. The van der Waals surface area contributed by atoms with E-state index in [1.807, 2.05) is 0 Å². The number of carbonyl (C=O) groups is 2. The third-order valence-corrected chi connectivity index (χ3v) is 2.89. The summed E-state index contributed by atoms with van der Waals surface area (Å²) in [6.45, 7) is 6.05. The second kappa shape index (κ2) is 3.83. The summed E-state index contributed by atoms with van der Waals surface area (Å²) < 4.78 is 0. The number of amides is 2. The lowest BCUT2D eigenvalue weighted by Crippen LogP contribution is -2.63. The number of piperazine rings is 1. The molecule has 1 fully saturated rings. The van der Waals surface area contributed by atoms with Crippen molar-refractivity contribution in [3.63, 3.8) is 0 Å². The highest BCUT2D eigenvalue weighted by Crippen LogP contribution is 2.19. The first kappa shape index (κ1) is 11.6. The third-order valence-electron chi connectivity index (χ3n) is 2.89. The molecule has 17 heavy (non-hydrogen) atoms. The summed E-state index contributed by atoms with van der Waals surface area (Å²) in [7, 11) is 0. The zero-order valence-electron chi connectivity index (χ0n) is 10.1. The number of aryl methyl sites for hydroxylation is 1. The number of hydrogen-bond acceptors (Lipinski definition) is 4. The van der Waals surface area contributed by atoms with Crippen molar-refractivity contribution in [3.8, 4) is 0 Å². The van der Waals surface area contributed by atoms with Crippen LogP contribution in [0.4, 0.5) is 0 Å². The van der Waals surface area contributed by atoms with E-state index in [0.29, 0.717) is 18.9 Å². The van der Waals surface area contributed by atoms with Crippen LogP contribution in [-0.4, -0.2) is 50.5 Å². The van der Waals surface area contributed by atoms with Gasteiger partial charge in [-0.3, -0.25) is 14.7 Å². The Hall–Kier alpha value is -1.92. The van der Waals surface area contributed by atoms with Crippen LogP contribution in [-0.2, 0) is 4.79 Å². The van der Waals surface area contributed by atoms with Crippen molar-refractivity contribution in [2.24, 2.45) is 0 Å². The summed E-state index contributed by atoms with van der Waals surface area (Å²) in [4.78, 5) is 29.4. The zero-order chi connectivity index (χ0) is 12.6. The van der Waals surface area contributed by atoms with Crippen LogP contribution in [0.3, 0.4) is 0 Å². The summed E-state index contributed by atoms with van der Waals surface area (Å²) in [5.41, 5.74) is -0.871. The molecule has 0 spiro atoms. The van der Waals surface area contributed by atoms with Crippen molar-refractivity contribution >= 4 is 11.8 Å². The van der Waals surface area contributed by atoms with Gasteiger partial charge in [0.15, 0.2) is 0 Å². The van der Waals surface area contributed by atoms with Crippen molar-refractivity contribution in [2.75, 3.05) is 13.1 Å². The number of hydrogen-bond donors (Lipinski definition) is 2. The molecule has 1 aromatic rings. The predicted molar refractivity (Wildman–Crippen MR) is 59.2 cm³/mol. The summed E-state index contributed by atoms with van der Waals surface area (Å²) in [5.74, 6) is 0.191. The maximum atomic E-state index is 12.2. The number of rotatable bonds is 1. The molecule has 7 nitrogen and oxygen atoms in total. The third kappa shape index (κ3) is 1.88. The summed E-state index contributed by atoms with van der Waals surface area (Å²) in [6, 6.07) is 0. The lowest BCUT2D eigenvalue weighted by molar-refractivity contribution is -0.133. The minimum Gasteiger partial charge on any atom is -0.352 e. The summed E-state index contributed by atoms with van der Waals surface area (Å²) >= 11 is 0. The number of aromatic nitrogens is 3. The fourth-order valence-electron chi connectivity index (χ4n) is 1.81. The van der Waals surface area contributed by atoms with E-state index in [-0.39, 0.29) is 17.6 Å². The van der Waals surface area contributed by atoms with Crippen molar-refractivity contribution in [2.45, 2.75) is 26.3 Å². The lowest BCUT2D eigenvalue weighted by atomic mass is 9.99. The largest absolute Gasteiger partial charge is 0.352 e. The summed E-state index contributed by atoms with van der Waals surface area (Å²) in [5, 5.41) is 9.17.